The van der Waals surface area contributed by atoms with Crippen LogP contribution >= 0.6 is 11.3 Å². The highest BCUT2D eigenvalue weighted by Gasteiger charge is 2.45. The number of fused-ring (bicyclic) bond motifs is 2. The number of nitrogens with zero attached hydrogens (tertiary/aromatic N) is 7. The molecule has 2 bridgehead atoms. The van der Waals surface area contributed by atoms with Gasteiger partial charge in [-0.2, -0.15) is 0 Å². The zero-order valence-electron chi connectivity index (χ0n) is 46.1. The Bertz CT molecular complexity index is 2770. The number of aliphatic hydroxyl groups is 1. The number of amides is 3. The summed E-state index contributed by atoms with van der Waals surface area (Å²) in [6, 6.07) is 19.6. The summed E-state index contributed by atoms with van der Waals surface area (Å²) in [6.45, 7) is 13.2. The number of rotatable bonds is 30. The number of nitrogen functional groups attached to an aromatic ring is 1. The van der Waals surface area contributed by atoms with E-state index in [1.54, 1.807) is 29.7 Å². The number of aromatic hydroxyl groups is 1. The van der Waals surface area contributed by atoms with E-state index in [0.29, 0.717) is 89.0 Å². The van der Waals surface area contributed by atoms with Gasteiger partial charge in [0.1, 0.15) is 31.0 Å². The quantitative estimate of drug-likeness (QED) is 0.0399. The molecule has 3 aliphatic heterocycles. The third kappa shape index (κ3) is 16.5. The van der Waals surface area contributed by atoms with E-state index in [4.69, 9.17) is 38.9 Å². The molecular weight excluding hydrogens is 1050 g/mol. The fourth-order valence-corrected chi connectivity index (χ4v) is 10.9. The summed E-state index contributed by atoms with van der Waals surface area (Å²) < 4.78 is 39.5. The molecule has 6 heterocycles. The minimum Gasteiger partial charge on any atom is -0.507 e. The number of phenolic OH excluding ortho intramolecular Hbond substituents is 1. The molecule has 3 aromatic heterocycles. The molecule has 5 atom stereocenters. The van der Waals surface area contributed by atoms with Crippen LogP contribution in [0.2, 0.25) is 0 Å². The third-order valence-corrected chi connectivity index (χ3v) is 15.1. The molecule has 5 aromatic rings. The third-order valence-electron chi connectivity index (χ3n) is 14.1. The number of pyridine rings is 1. The van der Waals surface area contributed by atoms with Gasteiger partial charge in [0.2, 0.25) is 23.6 Å². The smallest absolute Gasteiger partial charge is 0.246 e. The number of nitrogens with two attached hydrogens (primary N) is 1. The molecule has 0 aliphatic carbocycles. The monoisotopic (exact) mass is 1120 g/mol. The summed E-state index contributed by atoms with van der Waals surface area (Å²) in [7, 11) is 0. The van der Waals surface area contributed by atoms with E-state index in [1.165, 1.54) is 4.90 Å². The molecule has 6 N–H and O–H groups in total. The predicted octanol–water partition coefficient (Wildman–Crippen LogP) is 4.40. The van der Waals surface area contributed by atoms with Gasteiger partial charge in [0.25, 0.3) is 0 Å². The van der Waals surface area contributed by atoms with Crippen molar-refractivity contribution < 1.29 is 57.8 Å². The molecule has 22 nitrogen and oxygen atoms in total. The van der Waals surface area contributed by atoms with Crippen LogP contribution in [0.25, 0.3) is 21.7 Å². The van der Waals surface area contributed by atoms with Gasteiger partial charge >= 0.3 is 0 Å². The number of nitrogens with one attached hydrogen (secondary N) is 2. The van der Waals surface area contributed by atoms with Crippen LogP contribution in [0, 0.1) is 12.3 Å². The van der Waals surface area contributed by atoms with Crippen molar-refractivity contribution in [2.45, 2.75) is 83.8 Å². The van der Waals surface area contributed by atoms with Gasteiger partial charge in [-0.1, -0.05) is 57.2 Å². The lowest BCUT2D eigenvalue weighted by Gasteiger charge is -2.43. The Balaban J connectivity index is 0.611. The second-order valence-electron chi connectivity index (χ2n) is 21.0. The van der Waals surface area contributed by atoms with E-state index in [-0.39, 0.29) is 63.1 Å². The van der Waals surface area contributed by atoms with Crippen molar-refractivity contribution in [1.29, 1.82) is 0 Å². The number of benzene rings is 2. The van der Waals surface area contributed by atoms with Crippen LogP contribution in [0.15, 0.2) is 78.4 Å². The van der Waals surface area contributed by atoms with Crippen LogP contribution < -0.4 is 30.9 Å². The largest absolute Gasteiger partial charge is 0.507 e. The van der Waals surface area contributed by atoms with Crippen LogP contribution in [-0.4, -0.2) is 189 Å². The summed E-state index contributed by atoms with van der Waals surface area (Å²) in [5, 5.41) is 35.2. The average molecular weight is 1130 g/mol. The fraction of sp³-hybridized carbons (Fsp3) is 0.526. The highest BCUT2D eigenvalue weighted by molar-refractivity contribution is 7.13. The van der Waals surface area contributed by atoms with Crippen LogP contribution in [0.3, 0.4) is 0 Å². The molecule has 0 spiro atoms. The van der Waals surface area contributed by atoms with E-state index in [2.05, 4.69) is 40.6 Å². The summed E-state index contributed by atoms with van der Waals surface area (Å²) in [5.74, 6) is -0.253. The molecule has 3 amide bonds. The predicted molar refractivity (Wildman–Crippen MR) is 301 cm³/mol. The number of hydrogen-bond donors (Lipinski definition) is 5. The molecule has 0 radical (unpaired) electrons. The standard InChI is InChI=1S/C57H76N10O12S/c1-38-52(80-37-61-38)40-11-9-39(10-12-40)32-60-55(71)48-30-44(68)35-66(48)56(72)53(57(2,3)4)62-50(70)36-78-26-25-76-22-21-74-18-17-73-19-20-75-23-24-77-27-28-79-51-29-41(15-16-59-51)67-42-13-14-43(67)34-65(33-42)47-31-46(63-64-54(47)58)45-7-5-6-8-49(45)69/h5-12,15-16,29,31,37,42-44,48,53,68-69H,13-14,17-28,30,32-36H2,1-4H3,(H2,58,64)(H,60,71)(H,62,70)/t42?,43?,44-,48+,53-/m1/s1. The molecule has 23 heteroatoms. The van der Waals surface area contributed by atoms with Crippen molar-refractivity contribution in [2.24, 2.45) is 5.41 Å². The van der Waals surface area contributed by atoms with E-state index in [0.717, 1.165) is 59.0 Å². The summed E-state index contributed by atoms with van der Waals surface area (Å²) in [5.41, 5.74) is 13.4. The molecular formula is C57H76N10O12S. The lowest BCUT2D eigenvalue weighted by atomic mass is 9.85. The number of aryl methyl sites for hydroxylation is 1. The number of anilines is 3. The Labute approximate surface area is 471 Å². The van der Waals surface area contributed by atoms with E-state index >= 15 is 0 Å². The number of carbonyl (C=O) groups excluding carboxylic acids is 3. The minimum absolute atomic E-state index is 0.0193. The van der Waals surface area contributed by atoms with Crippen molar-refractivity contribution in [2.75, 3.05) is 121 Å². The van der Waals surface area contributed by atoms with E-state index < -0.39 is 35.4 Å². The number of aliphatic hydroxyl groups excluding tert-OH is 1. The van der Waals surface area contributed by atoms with Crippen molar-refractivity contribution in [3.8, 4) is 33.3 Å². The number of aromatic nitrogens is 4. The molecule has 8 rings (SSSR count). The normalized spacial score (nSPS) is 18.4. The summed E-state index contributed by atoms with van der Waals surface area (Å²) >= 11 is 1.57. The maximum Gasteiger partial charge on any atom is 0.246 e. The minimum atomic E-state index is -0.968. The number of thiazole rings is 1. The van der Waals surface area contributed by atoms with Gasteiger partial charge in [0, 0.05) is 68.2 Å². The van der Waals surface area contributed by atoms with Gasteiger partial charge in [-0.15, -0.1) is 21.5 Å². The lowest BCUT2D eigenvalue weighted by molar-refractivity contribution is -0.144. The molecule has 3 fully saturated rings. The maximum atomic E-state index is 13.9. The van der Waals surface area contributed by atoms with Crippen molar-refractivity contribution in [3.63, 3.8) is 0 Å². The topological polar surface area (TPSA) is 268 Å². The highest BCUT2D eigenvalue weighted by Crippen LogP contribution is 2.40. The van der Waals surface area contributed by atoms with Crippen LogP contribution in [0.1, 0.15) is 51.3 Å². The van der Waals surface area contributed by atoms with Crippen molar-refractivity contribution in [1.82, 2.24) is 35.7 Å². The van der Waals surface area contributed by atoms with Crippen LogP contribution in [-0.2, 0) is 49.3 Å². The number of phenols is 1. The second kappa shape index (κ2) is 29.2. The molecule has 3 aliphatic rings. The van der Waals surface area contributed by atoms with E-state index in [9.17, 15) is 24.6 Å². The Morgan fingerprint density at radius 1 is 0.787 bits per heavy atom. The SMILES string of the molecule is Cc1ncsc1-c1ccc(CNC(=O)[C@@H]2C[C@@H](O)CN2C(=O)[C@@H](NC(=O)COCCOCCOCCOCCOCCOCCOc2cc(N3C4CCC3CN(c3cc(-c5ccccc5O)nnc3N)C4)ccn2)C(C)(C)C)cc1. The highest BCUT2D eigenvalue weighted by atomic mass is 32.1. The van der Waals surface area contributed by atoms with Gasteiger partial charge in [-0.05, 0) is 60.6 Å². The first-order valence-corrected chi connectivity index (χ1v) is 28.2. The number of carbonyl (C=O) groups is 3. The first-order valence-electron chi connectivity index (χ1n) is 27.3. The van der Waals surface area contributed by atoms with Crippen LogP contribution in [0.5, 0.6) is 11.6 Å². The first kappa shape index (κ1) is 59.5. The Kier molecular flexibility index (Phi) is 21.8. The molecule has 3 saturated heterocycles. The molecule has 2 unspecified atom stereocenters. The van der Waals surface area contributed by atoms with Gasteiger partial charge in [0.15, 0.2) is 5.82 Å². The maximum absolute atomic E-state index is 13.9. The zero-order chi connectivity index (χ0) is 56.4. The Morgan fingerprint density at radius 3 is 2.02 bits per heavy atom. The second-order valence-corrected chi connectivity index (χ2v) is 21.8. The number of likely N-dealkylation sites (tertiary alicyclic amines) is 1. The van der Waals surface area contributed by atoms with Gasteiger partial charge in [0.05, 0.1) is 106 Å². The summed E-state index contributed by atoms with van der Waals surface area (Å²) in [6.07, 6.45) is 3.09. The van der Waals surface area contributed by atoms with Gasteiger partial charge in [-0.25, -0.2) is 9.97 Å². The Morgan fingerprint density at radius 2 is 1.41 bits per heavy atom. The fourth-order valence-electron chi connectivity index (χ4n) is 10.1. The summed E-state index contributed by atoms with van der Waals surface area (Å²) in [4.78, 5) is 56.3. The van der Waals surface area contributed by atoms with Gasteiger partial charge < -0.3 is 74.4 Å². The average Bonchev–Trinajstić information content (AvgIpc) is 4.16. The number of para-hydroxylation sites is 1. The number of piperazine rings is 1. The van der Waals surface area contributed by atoms with Crippen LogP contribution in [0.4, 0.5) is 17.2 Å². The number of hydrogen-bond acceptors (Lipinski definition) is 20. The number of β-amino-alcohol motifs (C(OH)–C–C–N with tert-alkyl or cyclic N) is 1. The lowest BCUT2D eigenvalue weighted by Crippen LogP contribution is -2.58. The van der Waals surface area contributed by atoms with E-state index in [1.807, 2.05) is 87.8 Å². The molecule has 80 heavy (non-hydrogen) atoms. The Hall–Kier alpha value is -6.57. The molecule has 2 aromatic carbocycles. The molecule has 0 saturated carbocycles. The first-order chi connectivity index (χ1) is 38.7. The van der Waals surface area contributed by atoms with Gasteiger partial charge in [-0.3, -0.25) is 14.4 Å². The number of ether oxygens (including phenoxy) is 7. The van der Waals surface area contributed by atoms with Crippen molar-refractivity contribution in [3.05, 3.63) is 89.7 Å². The molecule has 432 valence electrons. The zero-order valence-corrected chi connectivity index (χ0v) is 46.9. The van der Waals surface area contributed by atoms with Crippen molar-refractivity contribution >= 4 is 46.3 Å².